The molecule has 0 unspecified atom stereocenters. The molecule has 0 radical (unpaired) electrons. The fourth-order valence-corrected chi connectivity index (χ4v) is 3.74. The number of piperidine rings is 1. The zero-order chi connectivity index (χ0) is 14.7. The molecule has 0 atom stereocenters. The molecule has 0 saturated carbocycles. The Morgan fingerprint density at radius 1 is 1.10 bits per heavy atom. The predicted molar refractivity (Wildman–Crippen MR) is 87.9 cm³/mol. The summed E-state index contributed by atoms with van der Waals surface area (Å²) in [5, 5.41) is 0. The summed E-state index contributed by atoms with van der Waals surface area (Å²) in [6.07, 6.45) is 6.49. The number of likely N-dealkylation sites (N-methyl/N-ethyl adjacent to an activating group) is 1. The average Bonchev–Trinajstić information content (AvgIpc) is 2.56. The second-order valence-corrected chi connectivity index (χ2v) is 6.35. The fraction of sp³-hybridized carbons (Fsp3) is 0.706. The Hall–Kier alpha value is -1.13. The molecule has 1 aromatic rings. The first-order valence-corrected chi connectivity index (χ1v) is 8.40. The second kappa shape index (κ2) is 6.75. The van der Waals surface area contributed by atoms with Gasteiger partial charge in [0.25, 0.3) is 0 Å². The van der Waals surface area contributed by atoms with Gasteiger partial charge in [-0.15, -0.1) is 0 Å². The summed E-state index contributed by atoms with van der Waals surface area (Å²) >= 11 is 0. The van der Waals surface area contributed by atoms with Gasteiger partial charge in [-0.2, -0.15) is 0 Å². The van der Waals surface area contributed by atoms with Crippen LogP contribution in [0.3, 0.4) is 0 Å². The first-order chi connectivity index (χ1) is 10.3. The molecule has 2 fully saturated rings. The lowest BCUT2D eigenvalue weighted by Crippen LogP contribution is -2.53. The predicted octanol–water partition coefficient (Wildman–Crippen LogP) is 2.00. The fourth-order valence-electron chi connectivity index (χ4n) is 3.74. The van der Waals surface area contributed by atoms with E-state index in [0.717, 1.165) is 6.04 Å². The normalized spacial score (nSPS) is 22.7. The van der Waals surface area contributed by atoms with Crippen molar-refractivity contribution in [2.45, 2.75) is 32.7 Å². The van der Waals surface area contributed by atoms with Crippen LogP contribution in [0.2, 0.25) is 0 Å². The molecule has 0 aromatic carbocycles. The van der Waals surface area contributed by atoms with Gasteiger partial charge in [-0.1, -0.05) is 6.92 Å². The zero-order valence-electron chi connectivity index (χ0n) is 13.5. The summed E-state index contributed by atoms with van der Waals surface area (Å²) in [7, 11) is 0. The van der Waals surface area contributed by atoms with Crippen molar-refractivity contribution in [3.63, 3.8) is 0 Å². The molecule has 2 saturated heterocycles. The van der Waals surface area contributed by atoms with Crippen LogP contribution in [0.25, 0.3) is 0 Å². The van der Waals surface area contributed by atoms with Crippen LogP contribution in [0.15, 0.2) is 18.5 Å². The van der Waals surface area contributed by atoms with Gasteiger partial charge in [0, 0.05) is 63.4 Å². The molecule has 3 rings (SSSR count). The first kappa shape index (κ1) is 14.8. The van der Waals surface area contributed by atoms with E-state index in [9.17, 15) is 0 Å². The van der Waals surface area contributed by atoms with Crippen molar-refractivity contribution in [2.75, 3.05) is 50.7 Å². The Morgan fingerprint density at radius 3 is 2.43 bits per heavy atom. The SMILES string of the molecule is CCN1CCN(C2CCN(c3ccncc3C)CC2)CC1. The standard InChI is InChI=1S/C17H28N4/c1-3-19-10-12-20(13-11-19)16-5-8-21(9-6-16)17-4-7-18-14-15(17)2/h4,7,14,16H,3,5-6,8-13H2,1-2H3. The highest BCUT2D eigenvalue weighted by Crippen LogP contribution is 2.25. The van der Waals surface area contributed by atoms with E-state index in [1.54, 1.807) is 0 Å². The van der Waals surface area contributed by atoms with Crippen LogP contribution < -0.4 is 4.90 Å². The number of aromatic nitrogens is 1. The van der Waals surface area contributed by atoms with Crippen molar-refractivity contribution in [3.05, 3.63) is 24.0 Å². The molecule has 0 amide bonds. The van der Waals surface area contributed by atoms with Gasteiger partial charge in [0.2, 0.25) is 0 Å². The van der Waals surface area contributed by atoms with Crippen molar-refractivity contribution in [1.82, 2.24) is 14.8 Å². The summed E-state index contributed by atoms with van der Waals surface area (Å²) in [6.45, 7) is 13.0. The van der Waals surface area contributed by atoms with Crippen molar-refractivity contribution >= 4 is 5.69 Å². The van der Waals surface area contributed by atoms with Crippen LogP contribution in [-0.4, -0.2) is 66.6 Å². The van der Waals surface area contributed by atoms with E-state index >= 15 is 0 Å². The summed E-state index contributed by atoms with van der Waals surface area (Å²) < 4.78 is 0. The van der Waals surface area contributed by atoms with E-state index in [2.05, 4.69) is 39.6 Å². The zero-order valence-corrected chi connectivity index (χ0v) is 13.5. The third-order valence-electron chi connectivity index (χ3n) is 5.17. The summed E-state index contributed by atoms with van der Waals surface area (Å²) in [5.74, 6) is 0. The van der Waals surface area contributed by atoms with Gasteiger partial charge in [0.05, 0.1) is 0 Å². The van der Waals surface area contributed by atoms with Crippen LogP contribution in [0.1, 0.15) is 25.3 Å². The number of rotatable bonds is 3. The van der Waals surface area contributed by atoms with Gasteiger partial charge in [0.1, 0.15) is 0 Å². The Balaban J connectivity index is 1.53. The molecule has 2 aliphatic rings. The third kappa shape index (κ3) is 3.38. The lowest BCUT2D eigenvalue weighted by molar-refractivity contribution is 0.0878. The molecule has 116 valence electrons. The quantitative estimate of drug-likeness (QED) is 0.848. The summed E-state index contributed by atoms with van der Waals surface area (Å²) in [5.41, 5.74) is 2.67. The number of pyridine rings is 1. The number of piperazine rings is 1. The largest absolute Gasteiger partial charge is 0.371 e. The van der Waals surface area contributed by atoms with Crippen LogP contribution in [0.4, 0.5) is 5.69 Å². The molecule has 0 N–H and O–H groups in total. The molecule has 0 aliphatic carbocycles. The van der Waals surface area contributed by atoms with E-state index in [-0.39, 0.29) is 0 Å². The lowest BCUT2D eigenvalue weighted by atomic mass is 10.0. The van der Waals surface area contributed by atoms with E-state index in [4.69, 9.17) is 0 Å². The number of aryl methyl sites for hydroxylation is 1. The minimum atomic E-state index is 0.794. The van der Waals surface area contributed by atoms with Gasteiger partial charge >= 0.3 is 0 Å². The molecular weight excluding hydrogens is 260 g/mol. The Labute approximate surface area is 128 Å². The van der Waals surface area contributed by atoms with Crippen LogP contribution in [0.5, 0.6) is 0 Å². The number of hydrogen-bond acceptors (Lipinski definition) is 4. The second-order valence-electron chi connectivity index (χ2n) is 6.35. The molecule has 3 heterocycles. The minimum absolute atomic E-state index is 0.794. The molecule has 2 aliphatic heterocycles. The van der Waals surface area contributed by atoms with Gasteiger partial charge in [0.15, 0.2) is 0 Å². The molecule has 21 heavy (non-hydrogen) atoms. The van der Waals surface area contributed by atoms with E-state index in [1.165, 1.54) is 69.9 Å². The van der Waals surface area contributed by atoms with Crippen LogP contribution in [-0.2, 0) is 0 Å². The van der Waals surface area contributed by atoms with Crippen molar-refractivity contribution in [1.29, 1.82) is 0 Å². The van der Waals surface area contributed by atoms with Crippen LogP contribution in [0, 0.1) is 6.92 Å². The summed E-state index contributed by atoms with van der Waals surface area (Å²) in [6, 6.07) is 2.96. The maximum atomic E-state index is 4.20. The highest BCUT2D eigenvalue weighted by atomic mass is 15.3. The molecule has 1 aromatic heterocycles. The van der Waals surface area contributed by atoms with Crippen molar-refractivity contribution in [2.24, 2.45) is 0 Å². The third-order valence-corrected chi connectivity index (χ3v) is 5.17. The lowest BCUT2D eigenvalue weighted by Gasteiger charge is -2.43. The van der Waals surface area contributed by atoms with Crippen molar-refractivity contribution in [3.8, 4) is 0 Å². The molecule has 4 heteroatoms. The van der Waals surface area contributed by atoms with E-state index < -0.39 is 0 Å². The Kier molecular flexibility index (Phi) is 4.76. The Morgan fingerprint density at radius 2 is 1.81 bits per heavy atom. The van der Waals surface area contributed by atoms with Gasteiger partial charge < -0.3 is 9.80 Å². The molecule has 0 spiro atoms. The summed E-state index contributed by atoms with van der Waals surface area (Å²) in [4.78, 5) is 12.0. The molecule has 0 bridgehead atoms. The first-order valence-electron chi connectivity index (χ1n) is 8.40. The highest BCUT2D eigenvalue weighted by molar-refractivity contribution is 5.51. The smallest absolute Gasteiger partial charge is 0.0426 e. The maximum Gasteiger partial charge on any atom is 0.0426 e. The van der Waals surface area contributed by atoms with Gasteiger partial charge in [-0.3, -0.25) is 9.88 Å². The van der Waals surface area contributed by atoms with Gasteiger partial charge in [-0.25, -0.2) is 0 Å². The average molecular weight is 288 g/mol. The number of nitrogens with zero attached hydrogens (tertiary/aromatic N) is 4. The van der Waals surface area contributed by atoms with Gasteiger partial charge in [-0.05, 0) is 37.9 Å². The maximum absolute atomic E-state index is 4.20. The number of anilines is 1. The molecule has 4 nitrogen and oxygen atoms in total. The monoisotopic (exact) mass is 288 g/mol. The minimum Gasteiger partial charge on any atom is -0.371 e. The van der Waals surface area contributed by atoms with Crippen LogP contribution >= 0.6 is 0 Å². The van der Waals surface area contributed by atoms with Crippen molar-refractivity contribution < 1.29 is 0 Å². The highest BCUT2D eigenvalue weighted by Gasteiger charge is 2.27. The molecular formula is C17H28N4. The van der Waals surface area contributed by atoms with E-state index in [1.807, 2.05) is 12.4 Å². The number of hydrogen-bond donors (Lipinski definition) is 0. The topological polar surface area (TPSA) is 22.6 Å². The van der Waals surface area contributed by atoms with E-state index in [0.29, 0.717) is 0 Å². The Bertz CT molecular complexity index is 446.